The van der Waals surface area contributed by atoms with Crippen LogP contribution in [0.3, 0.4) is 0 Å². The van der Waals surface area contributed by atoms with E-state index in [0.717, 1.165) is 0 Å². The summed E-state index contributed by atoms with van der Waals surface area (Å²) in [4.78, 5) is 35.0. The van der Waals surface area contributed by atoms with E-state index in [0.29, 0.717) is 22.0 Å². The maximum Gasteiger partial charge on any atom is 0.490 e. The minimum atomic E-state index is -5.08. The number of aromatic nitrogens is 1. The number of fused-ring (bicyclic) bond motifs is 1. The Labute approximate surface area is 187 Å². The van der Waals surface area contributed by atoms with Crippen molar-refractivity contribution < 1.29 is 37.4 Å². The average molecular weight is 524 g/mol. The Kier molecular flexibility index (Phi) is 8.02. The van der Waals surface area contributed by atoms with Gasteiger partial charge in [-0.05, 0) is 23.8 Å². The number of alkyl halides is 3. The molecule has 3 N–H and O–H groups in total. The lowest BCUT2D eigenvalue weighted by molar-refractivity contribution is -0.192. The fourth-order valence-electron chi connectivity index (χ4n) is 2.93. The molecule has 1 aliphatic heterocycles. The average Bonchev–Trinajstić information content (AvgIpc) is 2.68. The number of nitrogens with zero attached hydrogens (tertiary/aromatic N) is 2. The number of amides is 1. The van der Waals surface area contributed by atoms with Gasteiger partial charge >= 0.3 is 12.1 Å². The van der Waals surface area contributed by atoms with E-state index >= 15 is 0 Å². The van der Waals surface area contributed by atoms with E-state index in [9.17, 15) is 32.3 Å². The number of carbonyl (C=O) groups is 2. The lowest BCUT2D eigenvalue weighted by Gasteiger charge is -2.37. The SMILES string of the molecule is Cn1cc2c(cc1=O)CC(Nc1ccc(Br)cc1F)N(CCO)C2=O.O=C(O)C(F)(F)F. The Morgan fingerprint density at radius 3 is 2.44 bits per heavy atom. The highest BCUT2D eigenvalue weighted by atomic mass is 79.9. The summed E-state index contributed by atoms with van der Waals surface area (Å²) < 4.78 is 47.8. The zero-order valence-corrected chi connectivity index (χ0v) is 18.1. The van der Waals surface area contributed by atoms with Crippen molar-refractivity contribution in [3.8, 4) is 0 Å². The number of β-amino-alcohol motifs (C(OH)–C–C–N with tert-alkyl or cyclic N) is 1. The van der Waals surface area contributed by atoms with E-state index in [2.05, 4.69) is 21.2 Å². The standard InChI is InChI=1S/C17H17BrFN3O3.C2HF3O2/c1-21-9-12-10(7-16(21)24)6-15(22(4-5-23)17(12)25)20-14-3-2-11(18)8-13(14)19;3-2(4,5)1(6)7/h2-3,7-9,15,20,23H,4-6H2,1H3;(H,6,7). The molecule has 3 rings (SSSR count). The number of carboxylic acids is 1. The molecular formula is C19H18BrF4N3O5. The molecule has 1 amide bonds. The molecule has 1 aliphatic rings. The fraction of sp³-hybridized carbons (Fsp3) is 0.316. The number of hydrogen-bond donors (Lipinski definition) is 3. The third-order valence-corrected chi connectivity index (χ3v) is 4.92. The molecule has 1 unspecified atom stereocenters. The molecule has 2 heterocycles. The number of aliphatic hydroxyl groups excluding tert-OH is 1. The molecule has 0 saturated carbocycles. The maximum absolute atomic E-state index is 14.1. The molecule has 1 aromatic heterocycles. The molecule has 2 aromatic rings. The third kappa shape index (κ3) is 6.07. The van der Waals surface area contributed by atoms with Crippen LogP contribution in [0, 0.1) is 5.82 Å². The first-order chi connectivity index (χ1) is 14.8. The Bertz CT molecular complexity index is 1070. The Balaban J connectivity index is 0.000000451. The van der Waals surface area contributed by atoms with Crippen LogP contribution < -0.4 is 10.9 Å². The first kappa shape index (κ1) is 25.3. The van der Waals surface area contributed by atoms with E-state index < -0.39 is 24.1 Å². The smallest absolute Gasteiger partial charge is 0.475 e. The largest absolute Gasteiger partial charge is 0.490 e. The molecule has 13 heteroatoms. The summed E-state index contributed by atoms with van der Waals surface area (Å²) in [6, 6.07) is 6.01. The molecule has 0 saturated heterocycles. The number of carboxylic acid groups (broad SMARTS) is 1. The number of halogens is 5. The van der Waals surface area contributed by atoms with Crippen molar-refractivity contribution in [2.24, 2.45) is 7.05 Å². The number of anilines is 1. The van der Waals surface area contributed by atoms with Crippen LogP contribution in [0.15, 0.2) is 39.7 Å². The number of aliphatic carboxylic acids is 1. The van der Waals surface area contributed by atoms with E-state index in [4.69, 9.17) is 9.90 Å². The van der Waals surface area contributed by atoms with Crippen LogP contribution in [0.5, 0.6) is 0 Å². The van der Waals surface area contributed by atoms with E-state index in [1.54, 1.807) is 19.2 Å². The summed E-state index contributed by atoms with van der Waals surface area (Å²) in [7, 11) is 1.58. The number of rotatable bonds is 4. The van der Waals surface area contributed by atoms with Crippen LogP contribution in [0.25, 0.3) is 0 Å². The maximum atomic E-state index is 14.1. The van der Waals surface area contributed by atoms with Crippen LogP contribution in [-0.2, 0) is 18.3 Å². The van der Waals surface area contributed by atoms with Gasteiger partial charge in [0.1, 0.15) is 12.0 Å². The molecule has 8 nitrogen and oxygen atoms in total. The van der Waals surface area contributed by atoms with Crippen LogP contribution in [-0.4, -0.2) is 57.1 Å². The van der Waals surface area contributed by atoms with Gasteiger partial charge in [0.25, 0.3) is 11.5 Å². The first-order valence-corrected chi connectivity index (χ1v) is 9.77. The minimum Gasteiger partial charge on any atom is -0.475 e. The van der Waals surface area contributed by atoms with E-state index in [1.807, 2.05) is 0 Å². The monoisotopic (exact) mass is 523 g/mol. The van der Waals surface area contributed by atoms with Crippen LogP contribution in [0.1, 0.15) is 15.9 Å². The molecule has 0 radical (unpaired) electrons. The summed E-state index contributed by atoms with van der Waals surface area (Å²) in [5, 5.41) is 19.4. The molecule has 1 aromatic carbocycles. The lowest BCUT2D eigenvalue weighted by Crippen LogP contribution is -2.51. The Hall–Kier alpha value is -2.93. The molecular weight excluding hydrogens is 506 g/mol. The highest BCUT2D eigenvalue weighted by Gasteiger charge is 2.38. The Morgan fingerprint density at radius 1 is 1.28 bits per heavy atom. The number of carbonyl (C=O) groups excluding carboxylic acids is 1. The number of benzene rings is 1. The van der Waals surface area contributed by atoms with Gasteiger partial charge in [-0.15, -0.1) is 0 Å². The molecule has 1 atom stereocenters. The second-order valence-corrected chi connectivity index (χ2v) is 7.59. The second-order valence-electron chi connectivity index (χ2n) is 6.67. The lowest BCUT2D eigenvalue weighted by atomic mass is 9.98. The number of aryl methyl sites for hydroxylation is 1. The number of nitrogens with one attached hydrogen (secondary N) is 1. The van der Waals surface area contributed by atoms with Crippen molar-refractivity contribution in [3.63, 3.8) is 0 Å². The number of aliphatic hydroxyl groups is 1. The van der Waals surface area contributed by atoms with Gasteiger partial charge in [0.15, 0.2) is 0 Å². The Morgan fingerprint density at radius 2 is 1.91 bits per heavy atom. The van der Waals surface area contributed by atoms with E-state index in [-0.39, 0.29) is 30.3 Å². The highest BCUT2D eigenvalue weighted by molar-refractivity contribution is 9.10. The number of pyridine rings is 1. The fourth-order valence-corrected chi connectivity index (χ4v) is 3.26. The van der Waals surface area contributed by atoms with Gasteiger partial charge in [-0.1, -0.05) is 15.9 Å². The predicted octanol–water partition coefficient (Wildman–Crippen LogP) is 2.35. The van der Waals surface area contributed by atoms with Crippen LogP contribution >= 0.6 is 15.9 Å². The summed E-state index contributed by atoms with van der Waals surface area (Å²) in [5.41, 5.74) is 1.06. The summed E-state index contributed by atoms with van der Waals surface area (Å²) in [5.74, 6) is -3.52. The summed E-state index contributed by atoms with van der Waals surface area (Å²) >= 11 is 3.20. The second kappa shape index (κ2) is 10.1. The normalized spacial score (nSPS) is 15.5. The molecule has 0 fully saturated rings. The molecule has 0 spiro atoms. The topological polar surface area (TPSA) is 112 Å². The van der Waals surface area contributed by atoms with Crippen molar-refractivity contribution >= 4 is 33.5 Å². The van der Waals surface area contributed by atoms with E-state index in [1.165, 1.54) is 27.8 Å². The minimum absolute atomic E-state index is 0.108. The van der Waals surface area contributed by atoms with Gasteiger partial charge < -0.3 is 25.0 Å². The summed E-state index contributed by atoms with van der Waals surface area (Å²) in [6.45, 7) is -0.106. The van der Waals surface area contributed by atoms with Crippen molar-refractivity contribution in [1.29, 1.82) is 0 Å². The molecule has 32 heavy (non-hydrogen) atoms. The zero-order chi connectivity index (χ0) is 24.2. The molecule has 174 valence electrons. The highest BCUT2D eigenvalue weighted by Crippen LogP contribution is 2.26. The number of hydrogen-bond acceptors (Lipinski definition) is 5. The third-order valence-electron chi connectivity index (χ3n) is 4.43. The van der Waals surface area contributed by atoms with Crippen LogP contribution in [0.4, 0.5) is 23.2 Å². The molecule has 0 aliphatic carbocycles. The van der Waals surface area contributed by atoms with Crippen molar-refractivity contribution in [2.45, 2.75) is 18.8 Å². The first-order valence-electron chi connectivity index (χ1n) is 8.98. The van der Waals surface area contributed by atoms with Crippen LogP contribution in [0.2, 0.25) is 0 Å². The molecule has 0 bridgehead atoms. The quantitative estimate of drug-likeness (QED) is 0.530. The van der Waals surface area contributed by atoms with Gasteiger partial charge in [-0.3, -0.25) is 9.59 Å². The van der Waals surface area contributed by atoms with Gasteiger partial charge in [0.05, 0.1) is 17.9 Å². The van der Waals surface area contributed by atoms with Crippen molar-refractivity contribution in [1.82, 2.24) is 9.47 Å². The summed E-state index contributed by atoms with van der Waals surface area (Å²) in [6.07, 6.45) is -3.80. The zero-order valence-electron chi connectivity index (χ0n) is 16.5. The van der Waals surface area contributed by atoms with Gasteiger partial charge in [0.2, 0.25) is 0 Å². The van der Waals surface area contributed by atoms with Crippen molar-refractivity contribution in [2.75, 3.05) is 18.5 Å². The van der Waals surface area contributed by atoms with Crippen molar-refractivity contribution in [3.05, 3.63) is 62.2 Å². The van der Waals surface area contributed by atoms with Gasteiger partial charge in [-0.25, -0.2) is 9.18 Å². The predicted molar refractivity (Wildman–Crippen MR) is 109 cm³/mol. The van der Waals surface area contributed by atoms with Gasteiger partial charge in [0, 0.05) is 36.7 Å². The van der Waals surface area contributed by atoms with Gasteiger partial charge in [-0.2, -0.15) is 13.2 Å².